The van der Waals surface area contributed by atoms with E-state index in [1.54, 1.807) is 0 Å². The Morgan fingerprint density at radius 3 is 2.33 bits per heavy atom. The standard InChI is InChI=1S/C25H36N6O2/c1-24(2)15-20(16-25(3,4)29-24)28-22-21(31(32)33)23(27-17-26-22)30-12-10-19(11-13-30)14-18-8-6-5-7-9-18/h5-9,17,19-20,29H,10-16H2,1-4H3,(H,26,27,28). The minimum absolute atomic E-state index is 0.00634. The van der Waals surface area contributed by atoms with E-state index < -0.39 is 0 Å². The highest BCUT2D eigenvalue weighted by Gasteiger charge is 2.39. The van der Waals surface area contributed by atoms with Gasteiger partial charge in [0.1, 0.15) is 6.33 Å². The summed E-state index contributed by atoms with van der Waals surface area (Å²) in [4.78, 5) is 22.5. The van der Waals surface area contributed by atoms with Crippen molar-refractivity contribution in [3.05, 3.63) is 52.3 Å². The van der Waals surface area contributed by atoms with Crippen LogP contribution in [0.2, 0.25) is 0 Å². The quantitative estimate of drug-likeness (QED) is 0.490. The van der Waals surface area contributed by atoms with Crippen LogP contribution in [0, 0.1) is 16.0 Å². The Hall–Kier alpha value is -2.74. The van der Waals surface area contributed by atoms with E-state index in [1.807, 2.05) is 6.07 Å². The number of hydrogen-bond donors (Lipinski definition) is 2. The Morgan fingerprint density at radius 2 is 1.73 bits per heavy atom. The van der Waals surface area contributed by atoms with Crippen molar-refractivity contribution in [2.45, 2.75) is 76.9 Å². The first-order valence-electron chi connectivity index (χ1n) is 12.0. The van der Waals surface area contributed by atoms with Gasteiger partial charge in [0.15, 0.2) is 0 Å². The molecule has 0 radical (unpaired) electrons. The lowest BCUT2D eigenvalue weighted by Crippen LogP contribution is -2.60. The van der Waals surface area contributed by atoms with Crippen molar-refractivity contribution in [1.29, 1.82) is 0 Å². The second kappa shape index (κ2) is 9.25. The van der Waals surface area contributed by atoms with Gasteiger partial charge in [-0.15, -0.1) is 0 Å². The maximum Gasteiger partial charge on any atom is 0.353 e. The van der Waals surface area contributed by atoms with Crippen LogP contribution >= 0.6 is 0 Å². The first-order valence-corrected chi connectivity index (χ1v) is 12.0. The highest BCUT2D eigenvalue weighted by molar-refractivity contribution is 5.70. The third-order valence-corrected chi connectivity index (χ3v) is 6.80. The first-order chi connectivity index (χ1) is 15.6. The zero-order chi connectivity index (χ0) is 23.6. The molecule has 1 aromatic heterocycles. The van der Waals surface area contributed by atoms with E-state index in [0.29, 0.717) is 17.6 Å². The smallest absolute Gasteiger partial charge is 0.353 e. The van der Waals surface area contributed by atoms with E-state index in [-0.39, 0.29) is 27.7 Å². The Morgan fingerprint density at radius 1 is 1.09 bits per heavy atom. The third-order valence-electron chi connectivity index (χ3n) is 6.80. The summed E-state index contributed by atoms with van der Waals surface area (Å²) in [5, 5.41) is 19.2. The maximum atomic E-state index is 12.1. The van der Waals surface area contributed by atoms with Gasteiger partial charge in [0, 0.05) is 30.2 Å². The SMILES string of the molecule is CC1(C)CC(Nc2ncnc(N3CCC(Cc4ccccc4)CC3)c2[N+](=O)[O-])CC(C)(C)N1. The molecular weight excluding hydrogens is 416 g/mol. The van der Waals surface area contributed by atoms with Crippen LogP contribution in [0.1, 0.15) is 58.9 Å². The number of aromatic nitrogens is 2. The largest absolute Gasteiger partial charge is 0.361 e. The number of nitrogens with zero attached hydrogens (tertiary/aromatic N) is 4. The minimum atomic E-state index is -0.328. The van der Waals surface area contributed by atoms with Crippen molar-refractivity contribution in [2.75, 3.05) is 23.3 Å². The Kier molecular flexibility index (Phi) is 6.56. The molecule has 0 saturated carbocycles. The molecule has 0 aliphatic carbocycles. The molecule has 178 valence electrons. The normalized spacial score (nSPS) is 21.0. The molecule has 8 heteroatoms. The molecule has 0 bridgehead atoms. The molecule has 8 nitrogen and oxygen atoms in total. The number of nitro groups is 1. The fraction of sp³-hybridized carbons (Fsp3) is 0.600. The van der Waals surface area contributed by atoms with Crippen molar-refractivity contribution >= 4 is 17.3 Å². The zero-order valence-electron chi connectivity index (χ0n) is 20.2. The van der Waals surface area contributed by atoms with Crippen LogP contribution in [0.4, 0.5) is 17.3 Å². The second-order valence-electron chi connectivity index (χ2n) is 10.9. The summed E-state index contributed by atoms with van der Waals surface area (Å²) in [6, 6.07) is 10.6. The number of nitrogens with one attached hydrogen (secondary N) is 2. The predicted molar refractivity (Wildman–Crippen MR) is 132 cm³/mol. The zero-order valence-corrected chi connectivity index (χ0v) is 20.2. The average Bonchev–Trinajstić information content (AvgIpc) is 2.72. The molecule has 0 atom stereocenters. The molecule has 0 amide bonds. The summed E-state index contributed by atoms with van der Waals surface area (Å²) in [5.74, 6) is 1.35. The molecule has 3 heterocycles. The van der Waals surface area contributed by atoms with Gasteiger partial charge < -0.3 is 15.5 Å². The van der Waals surface area contributed by atoms with E-state index >= 15 is 0 Å². The second-order valence-corrected chi connectivity index (χ2v) is 10.9. The van der Waals surface area contributed by atoms with Crippen molar-refractivity contribution in [2.24, 2.45) is 5.92 Å². The highest BCUT2D eigenvalue weighted by atomic mass is 16.6. The lowest BCUT2D eigenvalue weighted by molar-refractivity contribution is -0.383. The van der Waals surface area contributed by atoms with Crippen LogP contribution in [0.3, 0.4) is 0 Å². The molecule has 2 aliphatic heterocycles. The number of piperidine rings is 2. The molecule has 0 spiro atoms. The van der Waals surface area contributed by atoms with Crippen LogP contribution in [-0.2, 0) is 6.42 Å². The van der Waals surface area contributed by atoms with E-state index in [1.165, 1.54) is 11.9 Å². The van der Waals surface area contributed by atoms with Crippen LogP contribution in [0.5, 0.6) is 0 Å². The number of rotatable bonds is 6. The third kappa shape index (κ3) is 5.79. The topological polar surface area (TPSA) is 96.2 Å². The molecule has 2 aromatic rings. The Bertz CT molecular complexity index is 954. The number of hydrogen-bond acceptors (Lipinski definition) is 7. The molecule has 4 rings (SSSR count). The maximum absolute atomic E-state index is 12.1. The van der Waals surface area contributed by atoms with E-state index in [0.717, 1.165) is 45.2 Å². The fourth-order valence-corrected chi connectivity index (χ4v) is 5.79. The minimum Gasteiger partial charge on any atom is -0.361 e. The first kappa shape index (κ1) is 23.4. The van der Waals surface area contributed by atoms with Crippen LogP contribution in [0.25, 0.3) is 0 Å². The van der Waals surface area contributed by atoms with Crippen LogP contribution in [-0.4, -0.2) is 45.1 Å². The summed E-state index contributed by atoms with van der Waals surface area (Å²) in [6.45, 7) is 10.2. The monoisotopic (exact) mass is 452 g/mol. The van der Waals surface area contributed by atoms with Crippen molar-refractivity contribution < 1.29 is 4.92 Å². The molecule has 0 unspecified atom stereocenters. The lowest BCUT2D eigenvalue weighted by Gasteiger charge is -2.46. The van der Waals surface area contributed by atoms with E-state index in [2.05, 4.69) is 77.5 Å². The average molecular weight is 453 g/mol. The van der Waals surface area contributed by atoms with Gasteiger partial charge in [-0.05, 0) is 71.3 Å². The predicted octanol–water partition coefficient (Wildman–Crippen LogP) is 4.57. The summed E-state index contributed by atoms with van der Waals surface area (Å²) in [6.07, 6.45) is 6.22. The van der Waals surface area contributed by atoms with Crippen molar-refractivity contribution in [3.63, 3.8) is 0 Å². The number of benzene rings is 1. The van der Waals surface area contributed by atoms with Gasteiger partial charge in [0.2, 0.25) is 11.6 Å². The molecule has 1 aromatic carbocycles. The van der Waals surface area contributed by atoms with Gasteiger partial charge in [0.05, 0.1) is 4.92 Å². The Labute approximate surface area is 196 Å². The van der Waals surface area contributed by atoms with Gasteiger partial charge in [0.25, 0.3) is 0 Å². The Balaban J connectivity index is 1.49. The molecule has 2 N–H and O–H groups in total. The highest BCUT2D eigenvalue weighted by Crippen LogP contribution is 2.37. The van der Waals surface area contributed by atoms with E-state index in [4.69, 9.17) is 0 Å². The van der Waals surface area contributed by atoms with Gasteiger partial charge in [-0.2, -0.15) is 0 Å². The van der Waals surface area contributed by atoms with Gasteiger partial charge >= 0.3 is 5.69 Å². The molecular formula is C25H36N6O2. The van der Waals surface area contributed by atoms with Crippen LogP contribution < -0.4 is 15.5 Å². The summed E-state index contributed by atoms with van der Waals surface area (Å²) in [7, 11) is 0. The number of anilines is 2. The molecule has 2 saturated heterocycles. The lowest BCUT2D eigenvalue weighted by atomic mass is 9.79. The van der Waals surface area contributed by atoms with Gasteiger partial charge in [-0.25, -0.2) is 9.97 Å². The van der Waals surface area contributed by atoms with Crippen LogP contribution in [0.15, 0.2) is 36.7 Å². The van der Waals surface area contributed by atoms with E-state index in [9.17, 15) is 10.1 Å². The summed E-state index contributed by atoms with van der Waals surface area (Å²) < 4.78 is 0. The fourth-order valence-electron chi connectivity index (χ4n) is 5.79. The van der Waals surface area contributed by atoms with Gasteiger partial charge in [-0.1, -0.05) is 30.3 Å². The molecule has 2 aliphatic rings. The van der Waals surface area contributed by atoms with Gasteiger partial charge in [-0.3, -0.25) is 10.1 Å². The molecule has 33 heavy (non-hydrogen) atoms. The molecule has 2 fully saturated rings. The van der Waals surface area contributed by atoms with Crippen molar-refractivity contribution in [1.82, 2.24) is 15.3 Å². The summed E-state index contributed by atoms with van der Waals surface area (Å²) in [5.41, 5.74) is 1.21. The van der Waals surface area contributed by atoms with Crippen molar-refractivity contribution in [3.8, 4) is 0 Å². The summed E-state index contributed by atoms with van der Waals surface area (Å²) >= 11 is 0.